The Morgan fingerprint density at radius 3 is 1.22 bits per heavy atom. The second-order valence-electron chi connectivity index (χ2n) is 10.8. The first-order chi connectivity index (χ1) is 22.8. The zero-order valence-corrected chi connectivity index (χ0v) is 32.0. The fourth-order valence-electron chi connectivity index (χ4n) is 4.82. The van der Waals surface area contributed by atoms with Gasteiger partial charge in [0.2, 0.25) is 0 Å². The van der Waals surface area contributed by atoms with E-state index in [2.05, 4.69) is 19.2 Å². The Bertz CT molecular complexity index is 1380. The van der Waals surface area contributed by atoms with Crippen LogP contribution in [0.1, 0.15) is 63.8 Å². The average molecular weight is 800 g/mol. The van der Waals surface area contributed by atoms with Crippen molar-refractivity contribution in [2.24, 2.45) is 0 Å². The van der Waals surface area contributed by atoms with E-state index in [1.165, 1.54) is 0 Å². The Morgan fingerprint density at radius 2 is 0.900 bits per heavy atom. The number of hydrogen-bond acceptors (Lipinski definition) is 13. The summed E-state index contributed by atoms with van der Waals surface area (Å²) in [6.07, 6.45) is 0. The Labute approximate surface area is 303 Å². The van der Waals surface area contributed by atoms with Crippen LogP contribution in [0.5, 0.6) is 23.0 Å². The first-order valence-corrected chi connectivity index (χ1v) is 19.0. The van der Waals surface area contributed by atoms with E-state index in [4.69, 9.17) is 0 Å². The van der Waals surface area contributed by atoms with E-state index >= 15 is 0 Å². The number of nitrogens with zero attached hydrogens (tertiary/aromatic N) is 2. The van der Waals surface area contributed by atoms with Crippen LogP contribution >= 0.6 is 15.2 Å². The minimum atomic E-state index is -5.01. The van der Waals surface area contributed by atoms with Crippen molar-refractivity contribution in [3.05, 3.63) is 46.5 Å². The zero-order valence-electron chi connectivity index (χ0n) is 29.1. The maximum absolute atomic E-state index is 12.4. The third kappa shape index (κ3) is 14.7. The second kappa shape index (κ2) is 23.7. The van der Waals surface area contributed by atoms with Gasteiger partial charge < -0.3 is 65.7 Å². The van der Waals surface area contributed by atoms with Crippen molar-refractivity contribution in [2.45, 2.75) is 91.5 Å². The van der Waals surface area contributed by atoms with Gasteiger partial charge in [-0.3, -0.25) is 18.9 Å². The largest absolute Gasteiger partial charge is 0.508 e. The topological polar surface area (TPSA) is 295 Å². The minimum absolute atomic E-state index is 0. The number of phenolic OH excluding ortho intramolecular Hbond substituents is 2. The summed E-state index contributed by atoms with van der Waals surface area (Å²) in [5, 5.41) is 84.0. The molecule has 0 spiro atoms. The predicted octanol–water partition coefficient (Wildman–Crippen LogP) is 1.21. The van der Waals surface area contributed by atoms with Crippen LogP contribution in [0.25, 0.3) is 0 Å². The molecule has 20 heteroatoms. The van der Waals surface area contributed by atoms with E-state index in [0.29, 0.717) is 0 Å². The summed E-state index contributed by atoms with van der Waals surface area (Å²) >= 11 is 0. The standard InChI is InChI=1S/C24H38N2O14P2.C4H11N.C2H6.Fe/c1-13(41(35,36)37)25(7-15-3-17(9-27)24(34)6-23(15)33)19(11-29)20(12-30)26(14(2)42(38,39)40)8-16-4-22(32)18(10-28)5-21(16)31;1-3-5-4-2;1-2;/h3-6,13-14,19-20,27-34H,7-12H2,1-2H3,(H2,35,36,37)(H2,38,39,40);5H,3-4H2,1-2H3;1-2H3;. The molecule has 0 heterocycles. The van der Waals surface area contributed by atoms with Gasteiger partial charge in [-0.15, -0.1) is 0 Å². The van der Waals surface area contributed by atoms with Crippen LogP contribution in [-0.4, -0.2) is 120 Å². The van der Waals surface area contributed by atoms with Gasteiger partial charge in [-0.25, -0.2) is 0 Å². The fourth-order valence-corrected chi connectivity index (χ4v) is 6.10. The van der Waals surface area contributed by atoms with E-state index in [-0.39, 0.29) is 39.3 Å². The van der Waals surface area contributed by atoms with Gasteiger partial charge in [-0.2, -0.15) is 0 Å². The molecule has 2 aromatic rings. The third-order valence-corrected chi connectivity index (χ3v) is 10.3. The van der Waals surface area contributed by atoms with Crippen LogP contribution in [0, 0.1) is 0 Å². The van der Waals surface area contributed by atoms with Crippen molar-refractivity contribution < 1.29 is 86.6 Å². The van der Waals surface area contributed by atoms with E-state index < -0.39 is 101 Å². The smallest absolute Gasteiger partial charge is 0.342 e. The Morgan fingerprint density at radius 1 is 0.600 bits per heavy atom. The van der Waals surface area contributed by atoms with Crippen molar-refractivity contribution in [1.82, 2.24) is 15.1 Å². The molecular weight excluding hydrogens is 744 g/mol. The van der Waals surface area contributed by atoms with Crippen molar-refractivity contribution in [3.8, 4) is 23.0 Å². The Hall–Kier alpha value is -1.82. The zero-order chi connectivity index (χ0) is 38.3. The first-order valence-electron chi connectivity index (χ1n) is 15.7. The minimum Gasteiger partial charge on any atom is -0.508 e. The van der Waals surface area contributed by atoms with Crippen LogP contribution in [0.3, 0.4) is 0 Å². The summed E-state index contributed by atoms with van der Waals surface area (Å²) in [4.78, 5) is 42.1. The number of aromatic hydroxyl groups is 4. The molecule has 4 atom stereocenters. The molecule has 0 aromatic heterocycles. The van der Waals surface area contributed by atoms with Crippen LogP contribution in [-0.2, 0) is 52.5 Å². The molecule has 0 amide bonds. The van der Waals surface area contributed by atoms with Crippen LogP contribution in [0.15, 0.2) is 24.3 Å². The fraction of sp³-hybridized carbons (Fsp3) is 0.600. The molecule has 0 fully saturated rings. The molecule has 292 valence electrons. The molecule has 0 saturated heterocycles. The van der Waals surface area contributed by atoms with E-state index in [0.717, 1.165) is 61.0 Å². The molecule has 13 N–H and O–H groups in total. The van der Waals surface area contributed by atoms with Gasteiger partial charge >= 0.3 is 15.2 Å². The van der Waals surface area contributed by atoms with Crippen LogP contribution < -0.4 is 5.32 Å². The number of aliphatic hydroxyl groups excluding tert-OH is 4. The molecular formula is C30H55FeN3O14P2. The molecule has 0 aliphatic rings. The SMILES string of the molecule is CC.CC(N(Cc1cc(O)c(CO)cc1O)C(CO)C(CO)N(Cc1cc(CO)c(O)cc1O)C(C)P(=O)(O)O)P(=O)(O)O.CCNCC.[Fe]. The molecule has 0 saturated carbocycles. The van der Waals surface area contributed by atoms with Crippen LogP contribution in [0.4, 0.5) is 0 Å². The van der Waals surface area contributed by atoms with E-state index in [1.54, 1.807) is 0 Å². The quantitative estimate of drug-likeness (QED) is 0.0608. The Balaban J connectivity index is 0. The molecule has 0 bridgehead atoms. The summed E-state index contributed by atoms with van der Waals surface area (Å²) < 4.78 is 24.8. The van der Waals surface area contributed by atoms with Gasteiger partial charge in [0.1, 0.15) is 34.6 Å². The first kappa shape index (κ1) is 50.3. The van der Waals surface area contributed by atoms with Gasteiger partial charge in [0.05, 0.1) is 38.5 Å². The molecule has 0 aliphatic heterocycles. The van der Waals surface area contributed by atoms with Crippen molar-refractivity contribution in [3.63, 3.8) is 0 Å². The maximum Gasteiger partial charge on any atom is 0.342 e. The number of nitrogens with one attached hydrogen (secondary N) is 1. The number of aliphatic hydroxyl groups is 4. The normalized spacial score (nSPS) is 14.1. The molecule has 4 unspecified atom stereocenters. The van der Waals surface area contributed by atoms with Crippen LogP contribution in [0.2, 0.25) is 0 Å². The number of phenols is 4. The number of hydrogen-bond donors (Lipinski definition) is 13. The Kier molecular flexibility index (Phi) is 23.8. The number of benzene rings is 2. The summed E-state index contributed by atoms with van der Waals surface area (Å²) in [6, 6.07) is 1.12. The van der Waals surface area contributed by atoms with E-state index in [1.807, 2.05) is 13.8 Å². The molecule has 2 aromatic carbocycles. The van der Waals surface area contributed by atoms with Crippen molar-refractivity contribution in [2.75, 3.05) is 26.3 Å². The summed E-state index contributed by atoms with van der Waals surface area (Å²) in [6.45, 7) is 8.31. The molecule has 50 heavy (non-hydrogen) atoms. The van der Waals surface area contributed by atoms with Gasteiger partial charge in [-0.1, -0.05) is 27.7 Å². The van der Waals surface area contributed by atoms with Gasteiger partial charge in [-0.05, 0) is 45.1 Å². The molecule has 17 nitrogen and oxygen atoms in total. The molecule has 0 aliphatic carbocycles. The van der Waals surface area contributed by atoms with Gasteiger partial charge in [0.25, 0.3) is 0 Å². The summed E-state index contributed by atoms with van der Waals surface area (Å²) in [5.74, 6) is -5.34. The average Bonchev–Trinajstić information content (AvgIpc) is 3.04. The third-order valence-electron chi connectivity index (χ3n) is 7.71. The van der Waals surface area contributed by atoms with Gasteiger partial charge in [0.15, 0.2) is 0 Å². The van der Waals surface area contributed by atoms with Crippen molar-refractivity contribution >= 4 is 15.2 Å². The molecule has 0 radical (unpaired) electrons. The van der Waals surface area contributed by atoms with Gasteiger partial charge in [0, 0.05) is 58.5 Å². The molecule has 2 rings (SSSR count). The summed E-state index contributed by atoms with van der Waals surface area (Å²) in [7, 11) is -10.0. The predicted molar refractivity (Wildman–Crippen MR) is 183 cm³/mol. The second-order valence-corrected chi connectivity index (χ2v) is 14.6. The van der Waals surface area contributed by atoms with E-state index in [9.17, 15) is 69.6 Å². The maximum atomic E-state index is 12.4. The monoisotopic (exact) mass is 799 g/mol. The number of rotatable bonds is 17. The van der Waals surface area contributed by atoms with Crippen molar-refractivity contribution in [1.29, 1.82) is 0 Å². The summed E-state index contributed by atoms with van der Waals surface area (Å²) in [5.41, 5.74) is -0.234.